The van der Waals surface area contributed by atoms with Crippen LogP contribution in [0.25, 0.3) is 16.5 Å². The van der Waals surface area contributed by atoms with Crippen molar-refractivity contribution in [2.75, 3.05) is 0 Å². The molecule has 0 amide bonds. The lowest BCUT2D eigenvalue weighted by Gasteiger charge is -2.22. The molecule has 0 radical (unpaired) electrons. The van der Waals surface area contributed by atoms with Gasteiger partial charge in [-0.3, -0.25) is 14.2 Å². The van der Waals surface area contributed by atoms with E-state index in [9.17, 15) is 9.59 Å². The minimum atomic E-state index is -0.973. The number of Topliss-reactive ketones (excluding diaryl/α,β-unsaturated/α-hetero) is 1. The molecule has 0 spiro atoms. The van der Waals surface area contributed by atoms with Crippen molar-refractivity contribution in [3.63, 3.8) is 0 Å². The van der Waals surface area contributed by atoms with Crippen molar-refractivity contribution in [2.45, 2.75) is 43.5 Å². The Hall–Kier alpha value is -2.67. The van der Waals surface area contributed by atoms with E-state index in [1.54, 1.807) is 13.8 Å². The third kappa shape index (κ3) is 4.03. The number of carbonyl (C=O) groups excluding carboxylic acids is 1. The van der Waals surface area contributed by atoms with Crippen LogP contribution in [0, 0.1) is 6.92 Å². The highest BCUT2D eigenvalue weighted by atomic mass is 32.2. The first kappa shape index (κ1) is 19.1. The first-order chi connectivity index (χ1) is 12.8. The summed E-state index contributed by atoms with van der Waals surface area (Å²) in [6, 6.07) is 14.1. The van der Waals surface area contributed by atoms with E-state index in [0.717, 1.165) is 22.3 Å². The van der Waals surface area contributed by atoms with E-state index in [-0.39, 0.29) is 18.6 Å². The van der Waals surface area contributed by atoms with Crippen molar-refractivity contribution in [3.05, 3.63) is 48.3 Å². The molecule has 0 aliphatic carbocycles. The average Bonchev–Trinajstić information content (AvgIpc) is 2.98. The van der Waals surface area contributed by atoms with Crippen LogP contribution >= 0.6 is 11.8 Å². The average molecular weight is 383 g/mol. The predicted molar refractivity (Wildman–Crippen MR) is 105 cm³/mol. The fraction of sp³-hybridized carbons (Fsp3) is 0.300. The van der Waals surface area contributed by atoms with Crippen molar-refractivity contribution in [3.8, 4) is 5.69 Å². The number of fused-ring (bicyclic) bond motifs is 1. The number of carbonyl (C=O) groups is 2. The molecular formula is C20H21N3O3S. The molecule has 6 nitrogen and oxygen atoms in total. The zero-order chi connectivity index (χ0) is 19.6. The Morgan fingerprint density at radius 3 is 2.52 bits per heavy atom. The predicted octanol–water partition coefficient (Wildman–Crippen LogP) is 4.03. The number of aryl methyl sites for hydroxylation is 1. The van der Waals surface area contributed by atoms with Gasteiger partial charge in [0.1, 0.15) is 11.6 Å². The van der Waals surface area contributed by atoms with E-state index in [1.165, 1.54) is 11.8 Å². The Kier molecular flexibility index (Phi) is 5.32. The standard InChI is InChI=1S/C20H21N3O3S/c1-13-21-22-19(27-20(2,3)17(24)11-12-18(25)26)23(13)16-10-6-8-14-7-4-5-9-15(14)16/h4-10H,11-12H2,1-3H3,(H,25,26). The lowest BCUT2D eigenvalue weighted by molar-refractivity contribution is -0.138. The molecule has 0 aliphatic heterocycles. The highest BCUT2D eigenvalue weighted by molar-refractivity contribution is 8.01. The van der Waals surface area contributed by atoms with Crippen LogP contribution in [-0.2, 0) is 9.59 Å². The van der Waals surface area contributed by atoms with E-state index >= 15 is 0 Å². The summed E-state index contributed by atoms with van der Waals surface area (Å²) in [5.74, 6) is -0.374. The van der Waals surface area contributed by atoms with E-state index < -0.39 is 10.7 Å². The molecule has 3 aromatic rings. The lowest BCUT2D eigenvalue weighted by atomic mass is 10.0. The lowest BCUT2D eigenvalue weighted by Crippen LogP contribution is -2.28. The van der Waals surface area contributed by atoms with Gasteiger partial charge in [-0.15, -0.1) is 10.2 Å². The number of aromatic nitrogens is 3. The van der Waals surface area contributed by atoms with Gasteiger partial charge in [-0.1, -0.05) is 48.2 Å². The van der Waals surface area contributed by atoms with E-state index in [2.05, 4.69) is 10.2 Å². The summed E-state index contributed by atoms with van der Waals surface area (Å²) in [5, 5.41) is 20.1. The van der Waals surface area contributed by atoms with Crippen LogP contribution in [0.5, 0.6) is 0 Å². The van der Waals surface area contributed by atoms with Gasteiger partial charge in [0.25, 0.3) is 0 Å². The molecule has 27 heavy (non-hydrogen) atoms. The van der Waals surface area contributed by atoms with Crippen LogP contribution in [0.4, 0.5) is 0 Å². The van der Waals surface area contributed by atoms with Gasteiger partial charge in [0.2, 0.25) is 0 Å². The highest BCUT2D eigenvalue weighted by Gasteiger charge is 2.31. The number of carboxylic acids is 1. The van der Waals surface area contributed by atoms with Crippen molar-refractivity contribution in [1.29, 1.82) is 0 Å². The van der Waals surface area contributed by atoms with E-state index in [1.807, 2.05) is 54.0 Å². The molecule has 140 valence electrons. The van der Waals surface area contributed by atoms with Crippen LogP contribution < -0.4 is 0 Å². The molecule has 0 unspecified atom stereocenters. The van der Waals surface area contributed by atoms with Crippen molar-refractivity contribution in [2.24, 2.45) is 0 Å². The van der Waals surface area contributed by atoms with Crippen molar-refractivity contribution < 1.29 is 14.7 Å². The number of hydrogen-bond donors (Lipinski definition) is 1. The molecule has 3 rings (SSSR count). The number of nitrogens with zero attached hydrogens (tertiary/aromatic N) is 3. The maximum Gasteiger partial charge on any atom is 0.303 e. The summed E-state index contributed by atoms with van der Waals surface area (Å²) in [6.07, 6.45) is -0.172. The third-order valence-electron chi connectivity index (χ3n) is 4.39. The smallest absolute Gasteiger partial charge is 0.303 e. The summed E-state index contributed by atoms with van der Waals surface area (Å²) in [5.41, 5.74) is 0.951. The minimum Gasteiger partial charge on any atom is -0.481 e. The van der Waals surface area contributed by atoms with Crippen LogP contribution in [0.15, 0.2) is 47.6 Å². The summed E-state index contributed by atoms with van der Waals surface area (Å²) < 4.78 is 1.14. The zero-order valence-corrected chi connectivity index (χ0v) is 16.3. The summed E-state index contributed by atoms with van der Waals surface area (Å²) >= 11 is 1.30. The number of carboxylic acid groups (broad SMARTS) is 1. The molecule has 0 saturated heterocycles. The molecule has 1 heterocycles. The molecular weight excluding hydrogens is 362 g/mol. The molecule has 0 saturated carbocycles. The second kappa shape index (κ2) is 7.52. The Morgan fingerprint density at radius 1 is 1.07 bits per heavy atom. The maximum absolute atomic E-state index is 12.5. The number of aliphatic carboxylic acids is 1. The SMILES string of the molecule is Cc1nnc(SC(C)(C)C(=O)CCC(=O)O)n1-c1cccc2ccccc12. The summed E-state index contributed by atoms with van der Waals surface area (Å²) in [7, 11) is 0. The Labute approximate surface area is 161 Å². The molecule has 1 N–H and O–H groups in total. The topological polar surface area (TPSA) is 85.1 Å². The van der Waals surface area contributed by atoms with Gasteiger partial charge in [0.05, 0.1) is 16.9 Å². The first-order valence-electron chi connectivity index (χ1n) is 8.64. The minimum absolute atomic E-state index is 0.00325. The van der Waals surface area contributed by atoms with Crippen molar-refractivity contribution in [1.82, 2.24) is 14.8 Å². The second-order valence-electron chi connectivity index (χ2n) is 6.79. The monoisotopic (exact) mass is 383 g/mol. The largest absolute Gasteiger partial charge is 0.481 e. The Morgan fingerprint density at radius 2 is 1.78 bits per heavy atom. The van der Waals surface area contributed by atoms with Gasteiger partial charge in [-0.2, -0.15) is 0 Å². The molecule has 1 aromatic heterocycles. The van der Waals surface area contributed by atoms with Gasteiger partial charge in [-0.25, -0.2) is 0 Å². The van der Waals surface area contributed by atoms with Crippen LogP contribution in [0.2, 0.25) is 0 Å². The number of ketones is 1. The van der Waals surface area contributed by atoms with Crippen LogP contribution in [-0.4, -0.2) is 36.4 Å². The molecule has 0 fully saturated rings. The fourth-order valence-electron chi connectivity index (χ4n) is 2.90. The van der Waals surface area contributed by atoms with Crippen molar-refractivity contribution >= 4 is 34.3 Å². The summed E-state index contributed by atoms with van der Waals surface area (Å²) in [6.45, 7) is 5.46. The molecule has 0 bridgehead atoms. The van der Waals surface area contributed by atoms with Crippen LogP contribution in [0.1, 0.15) is 32.5 Å². The zero-order valence-electron chi connectivity index (χ0n) is 15.5. The maximum atomic E-state index is 12.5. The number of benzene rings is 2. The normalized spacial score (nSPS) is 11.7. The van der Waals surface area contributed by atoms with E-state index in [4.69, 9.17) is 5.11 Å². The molecule has 7 heteroatoms. The highest BCUT2D eigenvalue weighted by Crippen LogP contribution is 2.36. The van der Waals surface area contributed by atoms with Crippen LogP contribution in [0.3, 0.4) is 0 Å². The van der Waals surface area contributed by atoms with Gasteiger partial charge in [-0.05, 0) is 32.2 Å². The van der Waals surface area contributed by atoms with Gasteiger partial charge < -0.3 is 5.11 Å². The van der Waals surface area contributed by atoms with E-state index in [0.29, 0.717) is 5.16 Å². The number of hydrogen-bond acceptors (Lipinski definition) is 5. The van der Waals surface area contributed by atoms with Gasteiger partial charge >= 0.3 is 5.97 Å². The molecule has 0 atom stereocenters. The van der Waals surface area contributed by atoms with Gasteiger partial charge in [0, 0.05) is 11.8 Å². The quantitative estimate of drug-likeness (QED) is 0.620. The second-order valence-corrected chi connectivity index (χ2v) is 8.38. The Bertz CT molecular complexity index is 1010. The Balaban J connectivity index is 1.98. The molecule has 0 aliphatic rings. The fourth-order valence-corrected chi connectivity index (χ4v) is 3.97. The summed E-state index contributed by atoms with van der Waals surface area (Å²) in [4.78, 5) is 23.3. The third-order valence-corrected chi connectivity index (χ3v) is 5.57. The number of thioether (sulfide) groups is 1. The first-order valence-corrected chi connectivity index (χ1v) is 9.45. The number of rotatable bonds is 7. The van der Waals surface area contributed by atoms with Gasteiger partial charge in [0.15, 0.2) is 5.16 Å². The molecule has 2 aromatic carbocycles.